The number of nitrogens with one attached hydrogen (secondary N) is 2. The second-order valence-corrected chi connectivity index (χ2v) is 7.92. The number of likely N-dealkylation sites (N-methyl/N-ethyl adjacent to an activating group) is 1. The summed E-state index contributed by atoms with van der Waals surface area (Å²) in [7, 11) is 0.997. The van der Waals surface area contributed by atoms with Crippen molar-refractivity contribution >= 4 is 47.3 Å². The molecule has 1 aromatic rings. The zero-order valence-corrected chi connectivity index (χ0v) is 18.7. The molecule has 0 bridgehead atoms. The first kappa shape index (κ1) is 27.6. The summed E-state index contributed by atoms with van der Waals surface area (Å²) in [6.45, 7) is 0.162. The van der Waals surface area contributed by atoms with Crippen LogP contribution < -0.4 is 16.4 Å². The lowest BCUT2D eigenvalue weighted by molar-refractivity contribution is -0.139. The highest BCUT2D eigenvalue weighted by atomic mass is 32.2. The number of rotatable bonds is 13. The first-order chi connectivity index (χ1) is 15.5. The fraction of sp³-hybridized carbons (Fsp3) is 0.400. The number of Topliss-reactive ketones (excluding diaryl/α,β-unsaturated/α-hetero) is 1. The summed E-state index contributed by atoms with van der Waals surface area (Å²) in [6.07, 6.45) is -2.04. The first-order valence-electron chi connectivity index (χ1n) is 9.73. The molecule has 0 saturated carbocycles. The summed E-state index contributed by atoms with van der Waals surface area (Å²) in [4.78, 5) is 70.6. The van der Waals surface area contributed by atoms with E-state index in [0.29, 0.717) is 4.90 Å². The summed E-state index contributed by atoms with van der Waals surface area (Å²) in [5, 5.41) is 22.6. The van der Waals surface area contributed by atoms with E-state index in [0.717, 1.165) is 24.4 Å². The number of nitrogens with two attached hydrogens (primary N) is 1. The van der Waals surface area contributed by atoms with Gasteiger partial charge in [0, 0.05) is 25.8 Å². The number of amides is 4. The van der Waals surface area contributed by atoms with Crippen LogP contribution in [0.2, 0.25) is 0 Å². The number of carbonyl (C=O) groups is 6. The third-order valence-electron chi connectivity index (χ3n) is 4.32. The largest absolute Gasteiger partial charge is 0.480 e. The molecule has 0 saturated heterocycles. The molecule has 0 aromatic heterocycles. The van der Waals surface area contributed by atoms with Crippen molar-refractivity contribution in [2.45, 2.75) is 31.5 Å². The lowest BCUT2D eigenvalue weighted by Crippen LogP contribution is -2.50. The molecule has 0 fully saturated rings. The van der Waals surface area contributed by atoms with E-state index in [1.165, 1.54) is 0 Å². The Hall–Kier alpha value is -3.45. The van der Waals surface area contributed by atoms with Crippen LogP contribution in [0.4, 0.5) is 4.79 Å². The summed E-state index contributed by atoms with van der Waals surface area (Å²) in [6, 6.07) is 6.35. The monoisotopic (exact) mass is 482 g/mol. The Labute approximate surface area is 193 Å². The maximum absolute atomic E-state index is 12.4. The van der Waals surface area contributed by atoms with Gasteiger partial charge in [-0.3, -0.25) is 24.0 Å². The van der Waals surface area contributed by atoms with Gasteiger partial charge >= 0.3 is 12.1 Å². The van der Waals surface area contributed by atoms with Crippen molar-refractivity contribution in [3.05, 3.63) is 35.9 Å². The van der Waals surface area contributed by atoms with E-state index in [4.69, 9.17) is 15.9 Å². The quantitative estimate of drug-likeness (QED) is 0.227. The molecule has 0 radical (unpaired) electrons. The van der Waals surface area contributed by atoms with Crippen LogP contribution >= 0.6 is 11.8 Å². The zero-order valence-electron chi connectivity index (χ0n) is 17.9. The van der Waals surface area contributed by atoms with Gasteiger partial charge in [0.2, 0.25) is 11.7 Å². The normalized spacial score (nSPS) is 12.2. The van der Waals surface area contributed by atoms with E-state index in [9.17, 15) is 28.8 Å². The van der Waals surface area contributed by atoms with Crippen molar-refractivity contribution < 1.29 is 39.0 Å². The molecule has 2 unspecified atom stereocenters. The number of ketones is 1. The van der Waals surface area contributed by atoms with Crippen molar-refractivity contribution in [1.29, 1.82) is 0 Å². The molecule has 33 heavy (non-hydrogen) atoms. The molecular formula is C20H26N4O8S. The van der Waals surface area contributed by atoms with E-state index < -0.39 is 47.7 Å². The van der Waals surface area contributed by atoms with E-state index >= 15 is 0 Å². The van der Waals surface area contributed by atoms with Crippen molar-refractivity contribution in [3.63, 3.8) is 0 Å². The van der Waals surface area contributed by atoms with Gasteiger partial charge in [0.05, 0.1) is 5.75 Å². The first-order valence-corrected chi connectivity index (χ1v) is 10.9. The maximum atomic E-state index is 12.4. The van der Waals surface area contributed by atoms with Crippen LogP contribution in [0.1, 0.15) is 18.4 Å². The number of nitrogens with zero attached hydrogens (tertiary/aromatic N) is 1. The summed E-state index contributed by atoms with van der Waals surface area (Å²) in [5.41, 5.74) is 6.14. The van der Waals surface area contributed by atoms with E-state index in [2.05, 4.69) is 10.6 Å². The van der Waals surface area contributed by atoms with Gasteiger partial charge in [0.15, 0.2) is 0 Å². The van der Waals surface area contributed by atoms with Crippen molar-refractivity contribution in [3.8, 4) is 0 Å². The van der Waals surface area contributed by atoms with Crippen molar-refractivity contribution in [2.24, 2.45) is 5.73 Å². The summed E-state index contributed by atoms with van der Waals surface area (Å²) < 4.78 is 0. The number of aliphatic carboxylic acids is 1. The second kappa shape index (κ2) is 13.9. The molecule has 0 spiro atoms. The summed E-state index contributed by atoms with van der Waals surface area (Å²) >= 11 is 0.864. The van der Waals surface area contributed by atoms with E-state index in [-0.39, 0.29) is 30.9 Å². The molecule has 0 aliphatic rings. The minimum atomic E-state index is -1.55. The fourth-order valence-corrected chi connectivity index (χ4v) is 3.29. The average molecular weight is 483 g/mol. The number of carboxylic acid groups (broad SMARTS) is 2. The van der Waals surface area contributed by atoms with Crippen LogP contribution in [0.5, 0.6) is 0 Å². The topological polar surface area (TPSA) is 196 Å². The Morgan fingerprint density at radius 1 is 1.09 bits per heavy atom. The zero-order chi connectivity index (χ0) is 25.0. The van der Waals surface area contributed by atoms with Gasteiger partial charge in [-0.15, -0.1) is 0 Å². The van der Waals surface area contributed by atoms with Gasteiger partial charge in [0.1, 0.15) is 12.1 Å². The highest BCUT2D eigenvalue weighted by Gasteiger charge is 2.28. The van der Waals surface area contributed by atoms with Crippen LogP contribution in [0, 0.1) is 0 Å². The van der Waals surface area contributed by atoms with Crippen molar-refractivity contribution in [2.75, 3.05) is 18.6 Å². The minimum absolute atomic E-state index is 0.162. The molecule has 1 aromatic carbocycles. The van der Waals surface area contributed by atoms with Gasteiger partial charge in [0.25, 0.3) is 11.8 Å². The van der Waals surface area contributed by atoms with Gasteiger partial charge in [-0.1, -0.05) is 30.3 Å². The van der Waals surface area contributed by atoms with E-state index in [1.807, 2.05) is 6.07 Å². The fourth-order valence-electron chi connectivity index (χ4n) is 2.39. The average Bonchev–Trinajstić information content (AvgIpc) is 2.79. The number of hydrogen-bond acceptors (Lipinski definition) is 8. The SMILES string of the molecule is CN(C(=O)O)C(=O)C(CSCC(=O)C(=O)NCc1ccccc1)NC(=O)CCC(N)C(=O)O. The van der Waals surface area contributed by atoms with Crippen LogP contribution in [0.15, 0.2) is 30.3 Å². The van der Waals surface area contributed by atoms with Gasteiger partial charge < -0.3 is 26.6 Å². The molecule has 2 atom stereocenters. The predicted molar refractivity (Wildman–Crippen MR) is 118 cm³/mol. The molecule has 4 amide bonds. The standard InChI is InChI=1S/C20H26N4O8S/c1-24(20(31)32)18(28)14(23-16(26)8-7-13(21)19(29)30)10-33-11-15(25)17(27)22-9-12-5-3-2-4-6-12/h2-6,13-14H,7-11,21H2,1H3,(H,22,27)(H,23,26)(H,29,30)(H,31,32). The Balaban J connectivity index is 2.61. The summed E-state index contributed by atoms with van der Waals surface area (Å²) in [5.74, 6) is -5.02. The number of carbonyl (C=O) groups excluding carboxylic acids is 4. The Morgan fingerprint density at radius 3 is 2.30 bits per heavy atom. The number of benzene rings is 1. The highest BCUT2D eigenvalue weighted by molar-refractivity contribution is 8.00. The number of thioether (sulfide) groups is 1. The highest BCUT2D eigenvalue weighted by Crippen LogP contribution is 2.08. The lowest BCUT2D eigenvalue weighted by atomic mass is 10.1. The Morgan fingerprint density at radius 2 is 1.73 bits per heavy atom. The van der Waals surface area contributed by atoms with Crippen LogP contribution in [0.3, 0.4) is 0 Å². The molecule has 180 valence electrons. The molecule has 13 heteroatoms. The Bertz CT molecular complexity index is 880. The van der Waals surface area contributed by atoms with Gasteiger partial charge in [-0.05, 0) is 12.0 Å². The third-order valence-corrected chi connectivity index (χ3v) is 5.35. The molecule has 12 nitrogen and oxygen atoms in total. The Kier molecular flexibility index (Phi) is 11.6. The molecule has 6 N–H and O–H groups in total. The maximum Gasteiger partial charge on any atom is 0.413 e. The van der Waals surface area contributed by atoms with Crippen LogP contribution in [-0.4, -0.2) is 81.3 Å². The van der Waals surface area contributed by atoms with Crippen LogP contribution in [-0.2, 0) is 30.5 Å². The molecule has 0 aliphatic carbocycles. The number of imide groups is 1. The number of carboxylic acids is 1. The number of hydrogen-bond donors (Lipinski definition) is 5. The third kappa shape index (κ3) is 10.1. The predicted octanol–water partition coefficient (Wildman–Crippen LogP) is -0.582. The second-order valence-electron chi connectivity index (χ2n) is 6.89. The van der Waals surface area contributed by atoms with E-state index in [1.54, 1.807) is 24.3 Å². The van der Waals surface area contributed by atoms with Crippen molar-refractivity contribution in [1.82, 2.24) is 15.5 Å². The van der Waals surface area contributed by atoms with Crippen LogP contribution in [0.25, 0.3) is 0 Å². The van der Waals surface area contributed by atoms with Gasteiger partial charge in [-0.2, -0.15) is 11.8 Å². The molecule has 1 rings (SSSR count). The lowest BCUT2D eigenvalue weighted by Gasteiger charge is -2.21. The molecule has 0 heterocycles. The minimum Gasteiger partial charge on any atom is -0.480 e. The molecule has 0 aliphatic heterocycles. The molecular weight excluding hydrogens is 456 g/mol. The smallest absolute Gasteiger partial charge is 0.413 e. The van der Waals surface area contributed by atoms with Gasteiger partial charge in [-0.25, -0.2) is 9.69 Å².